The first-order chi connectivity index (χ1) is 15.7. The number of hydrogen-bond donors (Lipinski definition) is 0. The largest absolute Gasteiger partial charge is 0.378 e. The minimum Gasteiger partial charge on any atom is -0.378 e. The zero-order valence-corrected chi connectivity index (χ0v) is 21.5. The number of hydrogen-bond acceptors (Lipinski definition) is 4. The van der Waals surface area contributed by atoms with Crippen molar-refractivity contribution in [1.82, 2.24) is 0 Å². The minimum atomic E-state index is -3.66. The second-order valence-corrected chi connectivity index (χ2v) is 10.7. The topological polar surface area (TPSA) is 40.6 Å². The van der Waals surface area contributed by atoms with Gasteiger partial charge in [0.2, 0.25) is 0 Å². The Morgan fingerprint density at radius 3 is 1.88 bits per heavy atom. The van der Waals surface area contributed by atoms with Crippen LogP contribution in [-0.2, 0) is 16.3 Å². The second-order valence-electron chi connectivity index (χ2n) is 8.63. The molecule has 0 radical (unpaired) electrons. The van der Waals surface area contributed by atoms with Crippen molar-refractivity contribution in [3.8, 4) is 0 Å². The Morgan fingerprint density at radius 2 is 1.36 bits per heavy atom. The molecule has 0 saturated heterocycles. The van der Waals surface area contributed by atoms with E-state index < -0.39 is 15.1 Å². The Hall–Kier alpha value is -2.79. The lowest BCUT2D eigenvalue weighted by molar-refractivity contribution is 0.588. The summed E-state index contributed by atoms with van der Waals surface area (Å²) in [5.74, 6) is 0. The monoisotopic (exact) mass is 464 g/mol. The number of aryl methyl sites for hydroxylation is 2. The smallest absolute Gasteiger partial charge is 0.189 e. The molecule has 0 aliphatic carbocycles. The summed E-state index contributed by atoms with van der Waals surface area (Å²) in [6.07, 6.45) is 0.764. The van der Waals surface area contributed by atoms with E-state index in [1.165, 1.54) is 0 Å². The molecule has 0 aliphatic heterocycles. The molecule has 0 aliphatic rings. The summed E-state index contributed by atoms with van der Waals surface area (Å²) in [4.78, 5) is 4.66. The number of rotatable bonds is 9. The normalized spacial score (nSPS) is 12.4. The summed E-state index contributed by atoms with van der Waals surface area (Å²) in [5, 5.41) is -0.767. The summed E-state index contributed by atoms with van der Waals surface area (Å²) < 4.78 is 28.1. The van der Waals surface area contributed by atoms with E-state index in [0.29, 0.717) is 4.90 Å². The summed E-state index contributed by atoms with van der Waals surface area (Å²) >= 11 is 0. The second kappa shape index (κ2) is 10.4. The molecule has 33 heavy (non-hydrogen) atoms. The van der Waals surface area contributed by atoms with Crippen molar-refractivity contribution < 1.29 is 8.42 Å². The van der Waals surface area contributed by atoms with Gasteiger partial charge in [0.1, 0.15) is 5.25 Å². The molecule has 0 bridgehead atoms. The predicted octanol–water partition coefficient (Wildman–Crippen LogP) is 6.03. The highest BCUT2D eigenvalue weighted by molar-refractivity contribution is 7.92. The molecule has 3 aromatic rings. The van der Waals surface area contributed by atoms with Crippen LogP contribution in [-0.4, -0.2) is 35.6 Å². The van der Waals surface area contributed by atoms with E-state index in [0.717, 1.165) is 53.1 Å². The molecule has 1 atom stereocenters. The molecule has 0 heterocycles. The summed E-state index contributed by atoms with van der Waals surface area (Å²) in [6, 6.07) is 21.3. The lowest BCUT2D eigenvalue weighted by Crippen LogP contribution is -2.22. The third-order valence-corrected chi connectivity index (χ3v) is 8.37. The molecule has 0 aromatic heterocycles. The fourth-order valence-corrected chi connectivity index (χ4v) is 6.14. The van der Waals surface area contributed by atoms with Crippen LogP contribution in [0.1, 0.15) is 48.3 Å². The van der Waals surface area contributed by atoms with E-state index >= 15 is 0 Å². The molecule has 3 aromatic carbocycles. The van der Waals surface area contributed by atoms with Crippen LogP contribution >= 0.6 is 0 Å². The molecule has 5 heteroatoms. The maximum Gasteiger partial charge on any atom is 0.189 e. The Bertz CT molecular complexity index is 1160. The lowest BCUT2D eigenvalue weighted by Gasteiger charge is -2.26. The fourth-order valence-electron chi connectivity index (χ4n) is 4.28. The van der Waals surface area contributed by atoms with Crippen molar-refractivity contribution in [3.05, 3.63) is 89.0 Å². The number of sulfone groups is 1. The minimum absolute atomic E-state index is 0.352. The molecular weight excluding hydrogens is 428 g/mol. The van der Waals surface area contributed by atoms with Crippen LogP contribution in [0.25, 0.3) is 0 Å². The van der Waals surface area contributed by atoms with E-state index in [-0.39, 0.29) is 0 Å². The van der Waals surface area contributed by atoms with Gasteiger partial charge in [-0.05, 0) is 80.3 Å². The molecule has 0 N–H and O–H groups in total. The van der Waals surface area contributed by atoms with E-state index in [1.54, 1.807) is 12.1 Å². The van der Waals surface area contributed by atoms with Gasteiger partial charge in [-0.3, -0.25) is 0 Å². The van der Waals surface area contributed by atoms with Gasteiger partial charge in [-0.25, -0.2) is 8.42 Å². The maximum atomic E-state index is 14.0. The van der Waals surface area contributed by atoms with Crippen molar-refractivity contribution in [2.24, 2.45) is 0 Å². The molecule has 0 saturated carbocycles. The Balaban J connectivity index is 2.22. The van der Waals surface area contributed by atoms with Crippen LogP contribution in [0.4, 0.5) is 11.4 Å². The number of anilines is 2. The summed E-state index contributed by atoms with van der Waals surface area (Å²) in [7, 11) is 0.305. The van der Waals surface area contributed by atoms with Gasteiger partial charge >= 0.3 is 0 Å². The highest BCUT2D eigenvalue weighted by atomic mass is 32.2. The summed E-state index contributed by atoms with van der Waals surface area (Å²) in [6.45, 7) is 10.2. The van der Waals surface area contributed by atoms with Crippen molar-refractivity contribution in [2.75, 3.05) is 37.0 Å². The van der Waals surface area contributed by atoms with Gasteiger partial charge in [-0.2, -0.15) is 0 Å². The molecular formula is C28H36N2O2S. The van der Waals surface area contributed by atoms with Gasteiger partial charge in [-0.15, -0.1) is 0 Å². The number of benzene rings is 3. The Morgan fingerprint density at radius 1 is 0.788 bits per heavy atom. The van der Waals surface area contributed by atoms with Crippen molar-refractivity contribution in [2.45, 2.75) is 44.3 Å². The maximum absolute atomic E-state index is 14.0. The molecule has 4 nitrogen and oxygen atoms in total. The molecule has 0 amide bonds. The van der Waals surface area contributed by atoms with E-state index in [2.05, 4.69) is 37.8 Å². The average Bonchev–Trinajstić information content (AvgIpc) is 2.81. The van der Waals surface area contributed by atoms with Gasteiger partial charge in [-0.1, -0.05) is 42.8 Å². The first-order valence-electron chi connectivity index (χ1n) is 11.7. The first-order valence-corrected chi connectivity index (χ1v) is 13.2. The predicted molar refractivity (Wildman–Crippen MR) is 140 cm³/mol. The molecule has 1 unspecified atom stereocenters. The van der Waals surface area contributed by atoms with Crippen LogP contribution in [0.5, 0.6) is 0 Å². The van der Waals surface area contributed by atoms with Gasteiger partial charge in [0.15, 0.2) is 9.84 Å². The Labute approximate surface area is 199 Å². The molecule has 0 spiro atoms. The highest BCUT2D eigenvalue weighted by Gasteiger charge is 2.32. The van der Waals surface area contributed by atoms with Crippen molar-refractivity contribution in [3.63, 3.8) is 0 Å². The fraction of sp³-hybridized carbons (Fsp3) is 0.357. The molecule has 3 rings (SSSR count). The van der Waals surface area contributed by atoms with Crippen molar-refractivity contribution >= 4 is 21.2 Å². The third kappa shape index (κ3) is 5.25. The quantitative estimate of drug-likeness (QED) is 0.387. The van der Waals surface area contributed by atoms with Crippen LogP contribution in [0.15, 0.2) is 71.6 Å². The lowest BCUT2D eigenvalue weighted by atomic mass is 9.96. The van der Waals surface area contributed by atoms with Crippen molar-refractivity contribution in [1.29, 1.82) is 0 Å². The standard InChI is InChI=1S/C28H36N2O2S/c1-7-22-20-25(30(8-2)9-3)16-19-27(22)28(23-12-14-24(15-13-23)29(5)6)33(31,32)26-17-10-21(4)11-18-26/h10-20,28H,7-9H2,1-6H3. The highest BCUT2D eigenvalue weighted by Crippen LogP contribution is 2.39. The zero-order chi connectivity index (χ0) is 24.2. The van der Waals surface area contributed by atoms with Crippen LogP contribution in [0, 0.1) is 6.92 Å². The summed E-state index contributed by atoms with van der Waals surface area (Å²) in [5.41, 5.74) is 5.92. The van der Waals surface area contributed by atoms with Gasteiger partial charge in [0.05, 0.1) is 4.90 Å². The third-order valence-electron chi connectivity index (χ3n) is 6.29. The SMILES string of the molecule is CCc1cc(N(CC)CC)ccc1C(c1ccc(N(C)C)cc1)S(=O)(=O)c1ccc(C)cc1. The Kier molecular flexibility index (Phi) is 7.85. The van der Waals surface area contributed by atoms with E-state index in [4.69, 9.17) is 0 Å². The van der Waals surface area contributed by atoms with Crippen LogP contribution in [0.3, 0.4) is 0 Å². The van der Waals surface area contributed by atoms with E-state index in [9.17, 15) is 8.42 Å². The zero-order valence-electron chi connectivity index (χ0n) is 20.7. The van der Waals surface area contributed by atoms with Gasteiger partial charge in [0.25, 0.3) is 0 Å². The van der Waals surface area contributed by atoms with Crippen LogP contribution < -0.4 is 9.80 Å². The molecule has 176 valence electrons. The van der Waals surface area contributed by atoms with Gasteiger partial charge < -0.3 is 9.80 Å². The molecule has 0 fully saturated rings. The average molecular weight is 465 g/mol. The van der Waals surface area contributed by atoms with E-state index in [1.807, 2.05) is 68.4 Å². The number of nitrogens with zero attached hydrogens (tertiary/aromatic N) is 2. The van der Waals surface area contributed by atoms with Gasteiger partial charge in [0, 0.05) is 38.6 Å². The van der Waals surface area contributed by atoms with Crippen LogP contribution in [0.2, 0.25) is 0 Å². The first kappa shape index (κ1) is 24.8.